The van der Waals surface area contributed by atoms with Gasteiger partial charge in [0.1, 0.15) is 0 Å². The van der Waals surface area contributed by atoms with Crippen LogP contribution in [0.2, 0.25) is 0 Å². The zero-order chi connectivity index (χ0) is 24.4. The van der Waals surface area contributed by atoms with Gasteiger partial charge in [-0.2, -0.15) is 13.2 Å². The van der Waals surface area contributed by atoms with Crippen molar-refractivity contribution in [1.82, 2.24) is 5.48 Å². The molecule has 9 heteroatoms. The lowest BCUT2D eigenvalue weighted by atomic mass is 9.84. The summed E-state index contributed by atoms with van der Waals surface area (Å²) in [6, 6.07) is 5.12. The van der Waals surface area contributed by atoms with Crippen LogP contribution < -0.4 is 5.48 Å². The number of alkyl halides is 3. The number of halogens is 3. The molecule has 2 rings (SSSR count). The highest BCUT2D eigenvalue weighted by Crippen LogP contribution is 2.39. The fraction of sp³-hybridized carbons (Fsp3) is 0.708. The van der Waals surface area contributed by atoms with Crippen LogP contribution in [0.25, 0.3) is 0 Å². The Kier molecular flexibility index (Phi) is 11.1. The van der Waals surface area contributed by atoms with Gasteiger partial charge in [0.05, 0.1) is 23.9 Å². The monoisotopic (exact) mass is 475 g/mol. The maximum Gasteiger partial charge on any atom is 0.416 e. The molecule has 1 saturated carbocycles. The van der Waals surface area contributed by atoms with Crippen LogP contribution in [-0.4, -0.2) is 44.7 Å². The molecule has 0 radical (unpaired) electrons. The summed E-state index contributed by atoms with van der Waals surface area (Å²) in [5, 5.41) is 39.6. The van der Waals surface area contributed by atoms with Crippen molar-refractivity contribution in [3.05, 3.63) is 35.4 Å². The summed E-state index contributed by atoms with van der Waals surface area (Å²) in [7, 11) is 0. The van der Waals surface area contributed by atoms with Gasteiger partial charge in [-0.05, 0) is 68.4 Å². The fourth-order valence-electron chi connectivity index (χ4n) is 4.82. The van der Waals surface area contributed by atoms with Crippen molar-refractivity contribution in [2.75, 3.05) is 0 Å². The van der Waals surface area contributed by atoms with Crippen LogP contribution in [0.3, 0.4) is 0 Å². The summed E-state index contributed by atoms with van der Waals surface area (Å²) < 4.78 is 38.5. The molecule has 1 amide bonds. The smallest absolute Gasteiger partial charge is 0.393 e. The number of aliphatic hydroxyl groups is 3. The minimum Gasteiger partial charge on any atom is -0.393 e. The Hall–Kier alpha value is -1.68. The van der Waals surface area contributed by atoms with Gasteiger partial charge in [-0.15, -0.1) is 0 Å². The molecule has 5 atom stereocenters. The summed E-state index contributed by atoms with van der Waals surface area (Å²) in [6.07, 6.45) is -0.123. The number of unbranched alkanes of at least 4 members (excludes halogenated alkanes) is 3. The summed E-state index contributed by atoms with van der Waals surface area (Å²) in [4.78, 5) is 11.0. The first kappa shape index (κ1) is 27.6. The number of nitrogens with one attached hydrogen (secondary N) is 1. The first-order valence-electron chi connectivity index (χ1n) is 11.7. The van der Waals surface area contributed by atoms with Crippen molar-refractivity contribution in [2.45, 2.75) is 95.1 Å². The van der Waals surface area contributed by atoms with E-state index in [9.17, 15) is 33.3 Å². The van der Waals surface area contributed by atoms with E-state index in [1.807, 2.05) is 0 Å². The minimum atomic E-state index is -4.39. The Morgan fingerprint density at radius 1 is 1.03 bits per heavy atom. The van der Waals surface area contributed by atoms with Gasteiger partial charge in [0.15, 0.2) is 0 Å². The van der Waals surface area contributed by atoms with E-state index >= 15 is 0 Å². The van der Waals surface area contributed by atoms with E-state index in [-0.39, 0.29) is 18.3 Å². The molecular formula is C24H36F3NO5. The molecule has 1 aromatic carbocycles. The third-order valence-electron chi connectivity index (χ3n) is 6.69. The van der Waals surface area contributed by atoms with Crippen LogP contribution in [0, 0.1) is 11.8 Å². The fourth-order valence-corrected chi connectivity index (χ4v) is 4.82. The number of amides is 1. The average molecular weight is 476 g/mol. The van der Waals surface area contributed by atoms with E-state index in [1.165, 1.54) is 6.07 Å². The highest BCUT2D eigenvalue weighted by molar-refractivity contribution is 5.74. The third-order valence-corrected chi connectivity index (χ3v) is 6.69. The van der Waals surface area contributed by atoms with Crippen LogP contribution in [-0.2, 0) is 17.4 Å². The van der Waals surface area contributed by atoms with Gasteiger partial charge in [-0.25, -0.2) is 5.48 Å². The molecule has 0 aromatic heterocycles. The van der Waals surface area contributed by atoms with Gasteiger partial charge in [0.25, 0.3) is 0 Å². The van der Waals surface area contributed by atoms with Crippen molar-refractivity contribution in [3.8, 4) is 0 Å². The predicted octanol–water partition coefficient (Wildman–Crippen LogP) is 3.98. The lowest BCUT2D eigenvalue weighted by molar-refractivity contribution is -0.137. The van der Waals surface area contributed by atoms with E-state index in [4.69, 9.17) is 5.21 Å². The second-order valence-corrected chi connectivity index (χ2v) is 9.15. The quantitative estimate of drug-likeness (QED) is 0.168. The van der Waals surface area contributed by atoms with Crippen LogP contribution in [0.4, 0.5) is 13.2 Å². The molecule has 5 N–H and O–H groups in total. The Balaban J connectivity index is 1.74. The maximum atomic E-state index is 12.8. The van der Waals surface area contributed by atoms with Gasteiger partial charge < -0.3 is 15.3 Å². The molecule has 0 aliphatic heterocycles. The zero-order valence-corrected chi connectivity index (χ0v) is 18.8. The number of rotatable bonds is 13. The van der Waals surface area contributed by atoms with Gasteiger partial charge in [-0.1, -0.05) is 37.5 Å². The van der Waals surface area contributed by atoms with Gasteiger partial charge in [0, 0.05) is 6.42 Å². The summed E-state index contributed by atoms with van der Waals surface area (Å²) in [6.45, 7) is 0. The summed E-state index contributed by atoms with van der Waals surface area (Å²) in [5.41, 5.74) is 1.43. The standard InChI is InChI=1S/C24H36F3NO5/c25-24(26,27)17-7-5-6-16(14-17)10-11-18(29)12-13-20-19(21(30)15-22(20)31)8-3-1-2-4-9-23(32)28-33/h5-7,14,18-22,29-31,33H,1-4,8-13,15H2,(H,28,32)/t18-,19+,20?,21-,22+/m0/s1. The van der Waals surface area contributed by atoms with E-state index in [1.54, 1.807) is 11.5 Å². The molecule has 1 unspecified atom stereocenters. The third kappa shape index (κ3) is 9.23. The van der Waals surface area contributed by atoms with Gasteiger partial charge in [0.2, 0.25) is 5.91 Å². The van der Waals surface area contributed by atoms with Crippen LogP contribution in [0.1, 0.15) is 75.3 Å². The lowest BCUT2D eigenvalue weighted by Crippen LogP contribution is -2.24. The molecular weight excluding hydrogens is 439 g/mol. The highest BCUT2D eigenvalue weighted by atomic mass is 19.4. The molecule has 1 aliphatic carbocycles. The van der Waals surface area contributed by atoms with E-state index < -0.39 is 36.0 Å². The van der Waals surface area contributed by atoms with E-state index in [0.717, 1.165) is 37.8 Å². The van der Waals surface area contributed by atoms with Crippen LogP contribution in [0.15, 0.2) is 24.3 Å². The number of aliphatic hydroxyl groups excluding tert-OH is 3. The van der Waals surface area contributed by atoms with Crippen LogP contribution in [0.5, 0.6) is 0 Å². The minimum absolute atomic E-state index is 0.0589. The average Bonchev–Trinajstić information content (AvgIpc) is 3.04. The topological polar surface area (TPSA) is 110 Å². The Bertz CT molecular complexity index is 730. The van der Waals surface area contributed by atoms with Gasteiger partial charge >= 0.3 is 6.18 Å². The SMILES string of the molecule is O=C(CCCCCC[C@@H]1C(CC[C@@H](O)CCc2cccc(C(F)(F)F)c2)[C@H](O)C[C@@H]1O)NO. The summed E-state index contributed by atoms with van der Waals surface area (Å²) in [5.74, 6) is -0.587. The van der Waals surface area contributed by atoms with Gasteiger partial charge in [-0.3, -0.25) is 10.0 Å². The number of benzene rings is 1. The Morgan fingerprint density at radius 3 is 2.36 bits per heavy atom. The molecule has 33 heavy (non-hydrogen) atoms. The van der Waals surface area contributed by atoms with Crippen molar-refractivity contribution >= 4 is 5.91 Å². The van der Waals surface area contributed by atoms with E-state index in [0.29, 0.717) is 44.1 Å². The second kappa shape index (κ2) is 13.3. The number of carbonyl (C=O) groups is 1. The first-order valence-corrected chi connectivity index (χ1v) is 11.7. The predicted molar refractivity (Wildman–Crippen MR) is 116 cm³/mol. The normalized spacial score (nSPS) is 24.1. The number of hydroxylamine groups is 1. The molecule has 0 spiro atoms. The summed E-state index contributed by atoms with van der Waals surface area (Å²) >= 11 is 0. The Morgan fingerprint density at radius 2 is 1.70 bits per heavy atom. The second-order valence-electron chi connectivity index (χ2n) is 9.15. The highest BCUT2D eigenvalue weighted by Gasteiger charge is 2.40. The molecule has 1 fully saturated rings. The van der Waals surface area contributed by atoms with Crippen molar-refractivity contribution in [1.29, 1.82) is 0 Å². The first-order chi connectivity index (χ1) is 15.6. The molecule has 0 saturated heterocycles. The Labute approximate surface area is 192 Å². The molecule has 6 nitrogen and oxygen atoms in total. The van der Waals surface area contributed by atoms with E-state index in [2.05, 4.69) is 0 Å². The molecule has 1 aromatic rings. The van der Waals surface area contributed by atoms with Crippen molar-refractivity contribution < 1.29 is 38.5 Å². The van der Waals surface area contributed by atoms with Crippen LogP contribution >= 0.6 is 0 Å². The zero-order valence-electron chi connectivity index (χ0n) is 18.8. The number of carbonyl (C=O) groups excluding carboxylic acids is 1. The molecule has 188 valence electrons. The molecule has 0 bridgehead atoms. The van der Waals surface area contributed by atoms with Crippen molar-refractivity contribution in [2.24, 2.45) is 11.8 Å². The lowest BCUT2D eigenvalue weighted by Gasteiger charge is -2.24. The van der Waals surface area contributed by atoms with Crippen molar-refractivity contribution in [3.63, 3.8) is 0 Å². The number of aryl methyl sites for hydroxylation is 1. The maximum absolute atomic E-state index is 12.8. The number of hydrogen-bond acceptors (Lipinski definition) is 5. The molecule has 0 heterocycles. The number of hydrogen-bond donors (Lipinski definition) is 5. The molecule has 1 aliphatic rings. The largest absolute Gasteiger partial charge is 0.416 e.